The number of carbonyl (C=O) groups is 1. The van der Waals surface area contributed by atoms with Crippen molar-refractivity contribution in [1.82, 2.24) is 4.90 Å². The summed E-state index contributed by atoms with van der Waals surface area (Å²) in [6, 6.07) is 3.98. The number of carbonyl (C=O) groups excluding carboxylic acids is 1. The Morgan fingerprint density at radius 1 is 1.67 bits per heavy atom. The molecule has 0 fully saturated rings. The zero-order valence-corrected chi connectivity index (χ0v) is 9.63. The fraction of sp³-hybridized carbons (Fsp3) is 0.500. The van der Waals surface area contributed by atoms with Crippen LogP contribution >= 0.6 is 11.3 Å². The lowest BCUT2D eigenvalue weighted by Gasteiger charge is -2.20. The molecule has 1 rings (SSSR count). The minimum atomic E-state index is -0.0412. The highest BCUT2D eigenvalue weighted by Crippen LogP contribution is 2.11. The van der Waals surface area contributed by atoms with Crippen LogP contribution in [0, 0.1) is 0 Å². The number of amides is 1. The molecule has 0 bridgehead atoms. The average Bonchev–Trinajstić information content (AvgIpc) is 2.75. The predicted molar refractivity (Wildman–Crippen MR) is 60.7 cm³/mol. The molecular formula is C10H16N2O2S. The number of nitrogens with two attached hydrogens (primary N) is 1. The fourth-order valence-electron chi connectivity index (χ4n) is 1.21. The molecule has 4 nitrogen and oxygen atoms in total. The van der Waals surface area contributed by atoms with Crippen molar-refractivity contribution in [2.45, 2.75) is 6.54 Å². The monoisotopic (exact) mass is 228 g/mol. The van der Waals surface area contributed by atoms with Crippen LogP contribution in [0.1, 0.15) is 4.88 Å². The highest BCUT2D eigenvalue weighted by molar-refractivity contribution is 7.09. The lowest BCUT2D eigenvalue weighted by molar-refractivity contribution is -0.130. The van der Waals surface area contributed by atoms with Gasteiger partial charge in [0, 0.05) is 18.5 Å². The Balaban J connectivity index is 2.52. The van der Waals surface area contributed by atoms with Crippen LogP contribution < -0.4 is 5.73 Å². The fourth-order valence-corrected chi connectivity index (χ4v) is 1.93. The van der Waals surface area contributed by atoms with Gasteiger partial charge in [0.1, 0.15) is 0 Å². The van der Waals surface area contributed by atoms with E-state index < -0.39 is 0 Å². The van der Waals surface area contributed by atoms with E-state index in [-0.39, 0.29) is 12.5 Å². The molecule has 84 valence electrons. The minimum absolute atomic E-state index is 0.0412. The number of hydrogen-bond donors (Lipinski definition) is 1. The zero-order chi connectivity index (χ0) is 11.1. The number of hydrogen-bond acceptors (Lipinski definition) is 4. The van der Waals surface area contributed by atoms with Crippen LogP contribution in [-0.4, -0.2) is 37.6 Å². The van der Waals surface area contributed by atoms with Gasteiger partial charge in [-0.1, -0.05) is 6.07 Å². The molecule has 2 N–H and O–H groups in total. The van der Waals surface area contributed by atoms with Crippen molar-refractivity contribution in [3.8, 4) is 0 Å². The molecule has 1 aromatic heterocycles. The highest BCUT2D eigenvalue weighted by Gasteiger charge is 2.12. The minimum Gasteiger partial charge on any atom is -0.383 e. The summed E-state index contributed by atoms with van der Waals surface area (Å²) in [6.45, 7) is 1.80. The maximum atomic E-state index is 11.5. The van der Waals surface area contributed by atoms with Crippen molar-refractivity contribution in [2.24, 2.45) is 5.73 Å². The summed E-state index contributed by atoms with van der Waals surface area (Å²) in [6.07, 6.45) is 0. The van der Waals surface area contributed by atoms with Gasteiger partial charge in [-0.25, -0.2) is 0 Å². The smallest absolute Gasteiger partial charge is 0.236 e. The largest absolute Gasteiger partial charge is 0.383 e. The Kier molecular flexibility index (Phi) is 5.31. The Morgan fingerprint density at radius 3 is 3.00 bits per heavy atom. The van der Waals surface area contributed by atoms with Crippen molar-refractivity contribution >= 4 is 17.2 Å². The number of nitrogens with zero attached hydrogens (tertiary/aromatic N) is 1. The van der Waals surface area contributed by atoms with Gasteiger partial charge in [-0.05, 0) is 11.4 Å². The van der Waals surface area contributed by atoms with E-state index in [1.165, 1.54) is 0 Å². The highest BCUT2D eigenvalue weighted by atomic mass is 32.1. The standard InChI is InChI=1S/C10H16N2O2S/c1-14-5-4-12(10(13)7-11)8-9-3-2-6-15-9/h2-3,6H,4-5,7-8,11H2,1H3. The van der Waals surface area contributed by atoms with Gasteiger partial charge in [0.05, 0.1) is 19.7 Å². The first-order chi connectivity index (χ1) is 7.27. The lowest BCUT2D eigenvalue weighted by atomic mass is 10.4. The van der Waals surface area contributed by atoms with Gasteiger partial charge in [0.2, 0.25) is 5.91 Å². The van der Waals surface area contributed by atoms with E-state index in [1.807, 2.05) is 17.5 Å². The van der Waals surface area contributed by atoms with Gasteiger partial charge in [-0.3, -0.25) is 4.79 Å². The van der Waals surface area contributed by atoms with E-state index in [2.05, 4.69) is 0 Å². The van der Waals surface area contributed by atoms with Crippen LogP contribution in [0.25, 0.3) is 0 Å². The van der Waals surface area contributed by atoms with Gasteiger partial charge >= 0.3 is 0 Å². The quantitative estimate of drug-likeness (QED) is 0.779. The zero-order valence-electron chi connectivity index (χ0n) is 8.81. The molecule has 0 aliphatic heterocycles. The van der Waals surface area contributed by atoms with Crippen molar-refractivity contribution in [3.05, 3.63) is 22.4 Å². The molecule has 1 heterocycles. The molecule has 1 aromatic rings. The van der Waals surface area contributed by atoms with Crippen LogP contribution in [0.2, 0.25) is 0 Å². The normalized spacial score (nSPS) is 10.3. The second kappa shape index (κ2) is 6.55. The predicted octanol–water partition coefficient (Wildman–Crippen LogP) is 0.682. The molecule has 5 heteroatoms. The second-order valence-corrected chi connectivity index (χ2v) is 4.12. The van der Waals surface area contributed by atoms with Crippen LogP contribution in [0.15, 0.2) is 17.5 Å². The molecule has 0 saturated carbocycles. The summed E-state index contributed by atoms with van der Waals surface area (Å²) >= 11 is 1.64. The molecule has 1 amide bonds. The summed E-state index contributed by atoms with van der Waals surface area (Å²) < 4.78 is 4.95. The third kappa shape index (κ3) is 3.99. The molecule has 0 saturated heterocycles. The number of ether oxygens (including phenoxy) is 1. The number of methoxy groups -OCH3 is 1. The number of rotatable bonds is 6. The van der Waals surface area contributed by atoms with E-state index in [9.17, 15) is 4.79 Å². The molecule has 0 radical (unpaired) electrons. The molecule has 0 unspecified atom stereocenters. The first-order valence-corrected chi connectivity index (χ1v) is 5.65. The molecule has 0 aromatic carbocycles. The van der Waals surface area contributed by atoms with Gasteiger partial charge in [-0.15, -0.1) is 11.3 Å². The van der Waals surface area contributed by atoms with E-state index >= 15 is 0 Å². The SMILES string of the molecule is COCCN(Cc1cccs1)C(=O)CN. The van der Waals surface area contributed by atoms with E-state index in [0.717, 1.165) is 4.88 Å². The Bertz CT molecular complexity index is 288. The summed E-state index contributed by atoms with van der Waals surface area (Å²) in [5.74, 6) is -0.0412. The molecule has 0 spiro atoms. The van der Waals surface area contributed by atoms with Gasteiger partial charge in [0.25, 0.3) is 0 Å². The first-order valence-electron chi connectivity index (χ1n) is 4.77. The topological polar surface area (TPSA) is 55.6 Å². The molecule has 15 heavy (non-hydrogen) atoms. The third-order valence-corrected chi connectivity index (χ3v) is 2.88. The summed E-state index contributed by atoms with van der Waals surface area (Å²) in [5.41, 5.74) is 5.35. The van der Waals surface area contributed by atoms with E-state index in [4.69, 9.17) is 10.5 Å². The first kappa shape index (κ1) is 12.2. The van der Waals surface area contributed by atoms with Crippen LogP contribution in [0.5, 0.6) is 0 Å². The molecule has 0 aliphatic carbocycles. The van der Waals surface area contributed by atoms with Crippen LogP contribution in [-0.2, 0) is 16.1 Å². The molecular weight excluding hydrogens is 212 g/mol. The summed E-state index contributed by atoms with van der Waals surface area (Å²) in [7, 11) is 1.62. The van der Waals surface area contributed by atoms with Crippen molar-refractivity contribution in [2.75, 3.05) is 26.8 Å². The third-order valence-electron chi connectivity index (χ3n) is 2.02. The van der Waals surface area contributed by atoms with Crippen LogP contribution in [0.4, 0.5) is 0 Å². The lowest BCUT2D eigenvalue weighted by Crippen LogP contribution is -2.37. The van der Waals surface area contributed by atoms with Gasteiger partial charge in [-0.2, -0.15) is 0 Å². The van der Waals surface area contributed by atoms with E-state index in [0.29, 0.717) is 19.7 Å². The van der Waals surface area contributed by atoms with Crippen LogP contribution in [0.3, 0.4) is 0 Å². The molecule has 0 aliphatic rings. The summed E-state index contributed by atoms with van der Waals surface area (Å²) in [4.78, 5) is 14.4. The molecule has 0 atom stereocenters. The van der Waals surface area contributed by atoms with Crippen molar-refractivity contribution in [3.63, 3.8) is 0 Å². The Morgan fingerprint density at radius 2 is 2.47 bits per heavy atom. The Hall–Kier alpha value is -0.910. The van der Waals surface area contributed by atoms with E-state index in [1.54, 1.807) is 23.3 Å². The van der Waals surface area contributed by atoms with Crippen molar-refractivity contribution < 1.29 is 9.53 Å². The van der Waals surface area contributed by atoms with Gasteiger partial charge < -0.3 is 15.4 Å². The number of thiophene rings is 1. The second-order valence-electron chi connectivity index (χ2n) is 3.09. The maximum absolute atomic E-state index is 11.5. The maximum Gasteiger partial charge on any atom is 0.236 e. The van der Waals surface area contributed by atoms with Gasteiger partial charge in [0.15, 0.2) is 0 Å². The summed E-state index contributed by atoms with van der Waals surface area (Å²) in [5, 5.41) is 2.00. The average molecular weight is 228 g/mol. The Labute approximate surface area is 93.6 Å². The van der Waals surface area contributed by atoms with Crippen molar-refractivity contribution in [1.29, 1.82) is 0 Å².